The zero-order valence-corrected chi connectivity index (χ0v) is 19.2. The first-order valence-corrected chi connectivity index (χ1v) is 10.6. The van der Waals surface area contributed by atoms with Gasteiger partial charge >= 0.3 is 5.97 Å². The van der Waals surface area contributed by atoms with Crippen LogP contribution >= 0.6 is 0 Å². The van der Waals surface area contributed by atoms with Gasteiger partial charge in [-0.2, -0.15) is 5.10 Å². The van der Waals surface area contributed by atoms with Gasteiger partial charge in [0.1, 0.15) is 11.4 Å². The van der Waals surface area contributed by atoms with E-state index in [0.29, 0.717) is 23.6 Å². The summed E-state index contributed by atoms with van der Waals surface area (Å²) in [4.78, 5) is 27.1. The van der Waals surface area contributed by atoms with E-state index in [4.69, 9.17) is 14.6 Å². The number of aryl methyl sites for hydroxylation is 1. The molecule has 0 N–H and O–H groups in total. The van der Waals surface area contributed by atoms with Crippen molar-refractivity contribution in [1.82, 2.24) is 14.7 Å². The number of aromatic nitrogens is 2. The lowest BCUT2D eigenvalue weighted by Gasteiger charge is -2.23. The zero-order valence-electron chi connectivity index (χ0n) is 19.2. The molecule has 1 unspecified atom stereocenters. The van der Waals surface area contributed by atoms with Gasteiger partial charge in [-0.1, -0.05) is 36.8 Å². The number of hydrogen-bond donors (Lipinski definition) is 0. The Labute approximate surface area is 188 Å². The lowest BCUT2D eigenvalue weighted by atomic mass is 10.1. The maximum atomic E-state index is 13.6. The number of hydrogen-bond acceptors (Lipinski definition) is 5. The van der Waals surface area contributed by atoms with Crippen molar-refractivity contribution in [3.05, 3.63) is 65.9 Å². The number of rotatable bonds is 8. The number of methoxy groups -OCH3 is 2. The molecule has 1 atom stereocenters. The molecular formula is C25H29N3O4. The van der Waals surface area contributed by atoms with Crippen LogP contribution < -0.4 is 4.74 Å². The minimum absolute atomic E-state index is 0.195. The Morgan fingerprint density at radius 1 is 1.12 bits per heavy atom. The molecule has 0 aliphatic carbocycles. The van der Waals surface area contributed by atoms with Crippen molar-refractivity contribution in [1.29, 1.82) is 0 Å². The van der Waals surface area contributed by atoms with Crippen LogP contribution in [0, 0.1) is 12.8 Å². The second-order valence-corrected chi connectivity index (χ2v) is 7.67. The van der Waals surface area contributed by atoms with E-state index in [1.807, 2.05) is 62.4 Å². The zero-order chi connectivity index (χ0) is 23.3. The molecule has 0 spiro atoms. The molecule has 3 rings (SSSR count). The van der Waals surface area contributed by atoms with E-state index in [-0.39, 0.29) is 18.4 Å². The SMILES string of the molecule is CCN(CC(C)C(=O)OC)C(=O)c1cn(-c2ccc(C)cc2)nc1-c1cccc(OC)c1. The second-order valence-electron chi connectivity index (χ2n) is 7.67. The highest BCUT2D eigenvalue weighted by atomic mass is 16.5. The number of benzene rings is 2. The van der Waals surface area contributed by atoms with Crippen molar-refractivity contribution >= 4 is 11.9 Å². The third-order valence-corrected chi connectivity index (χ3v) is 5.35. The smallest absolute Gasteiger partial charge is 0.310 e. The molecule has 0 aliphatic heterocycles. The standard InChI is InChI=1S/C25H29N3O4/c1-6-27(15-18(3)25(30)32-5)24(29)22-16-28(20-12-10-17(2)11-13-20)26-23(22)19-8-7-9-21(14-19)31-4/h7-14,16,18H,6,15H2,1-5H3. The average molecular weight is 436 g/mol. The first-order chi connectivity index (χ1) is 15.4. The van der Waals surface area contributed by atoms with Crippen LogP contribution in [-0.4, -0.2) is 53.9 Å². The molecule has 3 aromatic rings. The van der Waals surface area contributed by atoms with Crippen LogP contribution in [0.4, 0.5) is 0 Å². The maximum absolute atomic E-state index is 13.6. The Bertz CT molecular complexity index is 1090. The number of nitrogens with zero attached hydrogens (tertiary/aromatic N) is 3. The fourth-order valence-electron chi connectivity index (χ4n) is 3.48. The van der Waals surface area contributed by atoms with Gasteiger partial charge in [-0.15, -0.1) is 0 Å². The summed E-state index contributed by atoms with van der Waals surface area (Å²) in [6.07, 6.45) is 1.74. The fourth-order valence-corrected chi connectivity index (χ4v) is 3.48. The van der Waals surface area contributed by atoms with Gasteiger partial charge in [0.2, 0.25) is 0 Å². The Kier molecular flexibility index (Phi) is 7.30. The van der Waals surface area contributed by atoms with Gasteiger partial charge in [0.15, 0.2) is 0 Å². The first kappa shape index (κ1) is 23.1. The quantitative estimate of drug-likeness (QED) is 0.498. The molecule has 32 heavy (non-hydrogen) atoms. The third-order valence-electron chi connectivity index (χ3n) is 5.35. The lowest BCUT2D eigenvalue weighted by Crippen LogP contribution is -2.37. The summed E-state index contributed by atoms with van der Waals surface area (Å²) in [6, 6.07) is 15.4. The molecule has 0 aliphatic rings. The molecule has 1 amide bonds. The van der Waals surface area contributed by atoms with Crippen molar-refractivity contribution < 1.29 is 19.1 Å². The minimum Gasteiger partial charge on any atom is -0.497 e. The molecular weight excluding hydrogens is 406 g/mol. The van der Waals surface area contributed by atoms with Crippen molar-refractivity contribution in [3.8, 4) is 22.7 Å². The van der Waals surface area contributed by atoms with Gasteiger partial charge in [0.25, 0.3) is 5.91 Å². The summed E-state index contributed by atoms with van der Waals surface area (Å²) in [5.41, 5.74) is 3.77. The summed E-state index contributed by atoms with van der Waals surface area (Å²) in [5.74, 6) is -0.298. The van der Waals surface area contributed by atoms with Crippen molar-refractivity contribution in [3.63, 3.8) is 0 Å². The highest BCUT2D eigenvalue weighted by Gasteiger charge is 2.26. The highest BCUT2D eigenvalue weighted by Crippen LogP contribution is 2.28. The Hall–Kier alpha value is -3.61. The number of carbonyl (C=O) groups is 2. The summed E-state index contributed by atoms with van der Waals surface area (Å²) in [6.45, 7) is 6.37. The summed E-state index contributed by atoms with van der Waals surface area (Å²) in [5, 5.41) is 4.75. The molecule has 7 nitrogen and oxygen atoms in total. The first-order valence-electron chi connectivity index (χ1n) is 10.6. The van der Waals surface area contributed by atoms with Crippen LogP contribution in [0.5, 0.6) is 5.75 Å². The molecule has 1 heterocycles. The van der Waals surface area contributed by atoms with E-state index in [1.54, 1.807) is 29.8 Å². The van der Waals surface area contributed by atoms with Gasteiger partial charge in [0.05, 0.1) is 31.4 Å². The number of esters is 1. The average Bonchev–Trinajstić information content (AvgIpc) is 3.27. The maximum Gasteiger partial charge on any atom is 0.310 e. The van der Waals surface area contributed by atoms with E-state index in [2.05, 4.69) is 0 Å². The van der Waals surface area contributed by atoms with Crippen molar-refractivity contribution in [2.45, 2.75) is 20.8 Å². The topological polar surface area (TPSA) is 73.7 Å². The molecule has 0 saturated carbocycles. The second kappa shape index (κ2) is 10.1. The monoisotopic (exact) mass is 435 g/mol. The minimum atomic E-state index is -0.434. The van der Waals surface area contributed by atoms with Gasteiger partial charge in [-0.25, -0.2) is 4.68 Å². The predicted octanol–water partition coefficient (Wildman–Crippen LogP) is 4.13. The molecule has 0 saturated heterocycles. The number of ether oxygens (including phenoxy) is 2. The molecule has 168 valence electrons. The van der Waals surface area contributed by atoms with E-state index >= 15 is 0 Å². The lowest BCUT2D eigenvalue weighted by molar-refractivity contribution is -0.145. The molecule has 0 radical (unpaired) electrons. The van der Waals surface area contributed by atoms with Crippen molar-refractivity contribution in [2.75, 3.05) is 27.3 Å². The third kappa shape index (κ3) is 4.99. The molecule has 7 heteroatoms. The normalized spacial score (nSPS) is 11.7. The Morgan fingerprint density at radius 2 is 1.84 bits per heavy atom. The van der Waals surface area contributed by atoms with E-state index in [1.165, 1.54) is 7.11 Å². The summed E-state index contributed by atoms with van der Waals surface area (Å²) in [7, 11) is 2.95. The molecule has 0 fully saturated rings. The summed E-state index contributed by atoms with van der Waals surface area (Å²) >= 11 is 0. The van der Waals surface area contributed by atoms with Crippen LogP contribution in [0.15, 0.2) is 54.7 Å². The fraction of sp³-hybridized carbons (Fsp3) is 0.320. The predicted molar refractivity (Wildman–Crippen MR) is 123 cm³/mol. The van der Waals surface area contributed by atoms with Crippen LogP contribution in [0.3, 0.4) is 0 Å². The van der Waals surface area contributed by atoms with E-state index < -0.39 is 5.92 Å². The van der Waals surface area contributed by atoms with Crippen molar-refractivity contribution in [2.24, 2.45) is 5.92 Å². The van der Waals surface area contributed by atoms with Gasteiger partial charge in [-0.3, -0.25) is 9.59 Å². The van der Waals surface area contributed by atoms with Gasteiger partial charge in [-0.05, 0) is 38.1 Å². The van der Waals surface area contributed by atoms with Crippen LogP contribution in [0.2, 0.25) is 0 Å². The summed E-state index contributed by atoms with van der Waals surface area (Å²) < 4.78 is 11.9. The van der Waals surface area contributed by atoms with Crippen LogP contribution in [0.25, 0.3) is 16.9 Å². The van der Waals surface area contributed by atoms with Crippen LogP contribution in [-0.2, 0) is 9.53 Å². The molecule has 0 bridgehead atoms. The van der Waals surface area contributed by atoms with E-state index in [0.717, 1.165) is 16.8 Å². The number of carbonyl (C=O) groups excluding carboxylic acids is 2. The largest absolute Gasteiger partial charge is 0.497 e. The Balaban J connectivity index is 2.06. The van der Waals surface area contributed by atoms with Crippen LogP contribution in [0.1, 0.15) is 29.8 Å². The Morgan fingerprint density at radius 3 is 2.47 bits per heavy atom. The molecule has 2 aromatic carbocycles. The number of amides is 1. The van der Waals surface area contributed by atoms with Gasteiger partial charge in [0, 0.05) is 24.8 Å². The van der Waals surface area contributed by atoms with Gasteiger partial charge < -0.3 is 14.4 Å². The molecule has 1 aromatic heterocycles. The highest BCUT2D eigenvalue weighted by molar-refractivity contribution is 6.00. The van der Waals surface area contributed by atoms with E-state index in [9.17, 15) is 9.59 Å².